The van der Waals surface area contributed by atoms with Crippen molar-refractivity contribution in [1.82, 2.24) is 19.7 Å². The van der Waals surface area contributed by atoms with Crippen LogP contribution in [0, 0.1) is 5.92 Å². The van der Waals surface area contributed by atoms with Crippen LogP contribution in [0.4, 0.5) is 5.82 Å². The zero-order chi connectivity index (χ0) is 22.9. The summed E-state index contributed by atoms with van der Waals surface area (Å²) in [6.45, 7) is 5.05. The van der Waals surface area contributed by atoms with Gasteiger partial charge in [-0.25, -0.2) is 9.97 Å². The first kappa shape index (κ1) is 21.5. The lowest BCUT2D eigenvalue weighted by molar-refractivity contribution is -0.118. The molecule has 1 aliphatic heterocycles. The van der Waals surface area contributed by atoms with E-state index in [-0.39, 0.29) is 23.8 Å². The summed E-state index contributed by atoms with van der Waals surface area (Å²) in [5, 5.41) is 8.68. The van der Waals surface area contributed by atoms with E-state index in [1.54, 1.807) is 6.20 Å². The quantitative estimate of drug-likeness (QED) is 0.464. The molecule has 0 radical (unpaired) electrons. The fraction of sp³-hybridized carbons (Fsp3) is 0.333. The SMILES string of the molecule is CC(C)C(=O)Nc1cn2cc(-c3cnc4scc(C(=O)NC5CCOCC5)c4c3)ccc2n1. The van der Waals surface area contributed by atoms with Crippen molar-refractivity contribution in [3.05, 3.63) is 47.7 Å². The highest BCUT2D eigenvalue weighted by Gasteiger charge is 2.20. The molecule has 4 aromatic heterocycles. The number of rotatable bonds is 5. The van der Waals surface area contributed by atoms with Crippen LogP contribution in [-0.2, 0) is 9.53 Å². The number of pyridine rings is 2. The zero-order valence-electron chi connectivity index (χ0n) is 18.5. The fourth-order valence-electron chi connectivity index (χ4n) is 3.85. The molecule has 5 heterocycles. The normalized spacial score (nSPS) is 14.8. The van der Waals surface area contributed by atoms with Gasteiger partial charge in [0, 0.05) is 59.5 Å². The lowest BCUT2D eigenvalue weighted by atomic mass is 10.1. The highest BCUT2D eigenvalue weighted by Crippen LogP contribution is 2.29. The standard InChI is InChI=1S/C24H25N5O3S/c1-14(2)22(30)28-20-12-29-11-15(3-4-21(29)27-20)16-9-18-19(13-33-24(18)25-10-16)23(31)26-17-5-7-32-8-6-17/h3-4,9-14,17H,5-8H2,1-2H3,(H,26,31)(H,28,30). The van der Waals surface area contributed by atoms with E-state index in [1.165, 1.54) is 11.3 Å². The number of amides is 2. The molecule has 170 valence electrons. The summed E-state index contributed by atoms with van der Waals surface area (Å²) in [5.74, 6) is 0.260. The van der Waals surface area contributed by atoms with Gasteiger partial charge in [0.2, 0.25) is 5.91 Å². The lowest BCUT2D eigenvalue weighted by Gasteiger charge is -2.22. The third kappa shape index (κ3) is 4.46. The van der Waals surface area contributed by atoms with Crippen LogP contribution in [0.5, 0.6) is 0 Å². The maximum Gasteiger partial charge on any atom is 0.253 e. The fourth-order valence-corrected chi connectivity index (χ4v) is 4.72. The van der Waals surface area contributed by atoms with E-state index < -0.39 is 0 Å². The number of thiophene rings is 1. The van der Waals surface area contributed by atoms with Gasteiger partial charge < -0.3 is 19.8 Å². The third-order valence-electron chi connectivity index (χ3n) is 5.79. The van der Waals surface area contributed by atoms with Crippen molar-refractivity contribution in [3.63, 3.8) is 0 Å². The number of fused-ring (bicyclic) bond motifs is 2. The molecule has 0 aromatic carbocycles. The van der Waals surface area contributed by atoms with Crippen molar-refractivity contribution in [1.29, 1.82) is 0 Å². The summed E-state index contributed by atoms with van der Waals surface area (Å²) < 4.78 is 7.26. The topological polar surface area (TPSA) is 97.6 Å². The van der Waals surface area contributed by atoms with E-state index in [0.717, 1.165) is 39.8 Å². The number of ether oxygens (including phenoxy) is 1. The minimum atomic E-state index is -0.119. The average molecular weight is 464 g/mol. The molecule has 2 N–H and O–H groups in total. The first-order valence-corrected chi connectivity index (χ1v) is 11.9. The number of nitrogens with zero attached hydrogens (tertiary/aromatic N) is 3. The predicted octanol–water partition coefficient (Wildman–Crippen LogP) is 4.11. The molecule has 9 heteroatoms. The van der Waals surface area contributed by atoms with E-state index in [9.17, 15) is 9.59 Å². The molecule has 5 rings (SSSR count). The van der Waals surface area contributed by atoms with Gasteiger partial charge in [0.25, 0.3) is 5.91 Å². The second-order valence-electron chi connectivity index (χ2n) is 8.54. The summed E-state index contributed by atoms with van der Waals surface area (Å²) in [7, 11) is 0. The van der Waals surface area contributed by atoms with E-state index in [1.807, 2.05) is 54.2 Å². The predicted molar refractivity (Wildman–Crippen MR) is 129 cm³/mol. The van der Waals surface area contributed by atoms with Gasteiger partial charge in [-0.2, -0.15) is 0 Å². The Kier molecular flexibility index (Phi) is 5.82. The second kappa shape index (κ2) is 8.92. The summed E-state index contributed by atoms with van der Waals surface area (Å²) in [4.78, 5) is 34.8. The Morgan fingerprint density at radius 2 is 2.00 bits per heavy atom. The van der Waals surface area contributed by atoms with E-state index in [2.05, 4.69) is 20.6 Å². The first-order chi connectivity index (χ1) is 16.0. The number of nitrogens with one attached hydrogen (secondary N) is 2. The van der Waals surface area contributed by atoms with Crippen LogP contribution in [0.2, 0.25) is 0 Å². The maximum atomic E-state index is 12.9. The van der Waals surface area contributed by atoms with Crippen molar-refractivity contribution in [3.8, 4) is 11.1 Å². The Balaban J connectivity index is 1.42. The van der Waals surface area contributed by atoms with Crippen LogP contribution < -0.4 is 10.6 Å². The first-order valence-electron chi connectivity index (χ1n) is 11.0. The minimum absolute atomic E-state index is 0.0669. The second-order valence-corrected chi connectivity index (χ2v) is 9.40. The van der Waals surface area contributed by atoms with E-state index >= 15 is 0 Å². The number of hydrogen-bond acceptors (Lipinski definition) is 6. The summed E-state index contributed by atoms with van der Waals surface area (Å²) in [6, 6.07) is 6.02. The number of hydrogen-bond donors (Lipinski definition) is 2. The van der Waals surface area contributed by atoms with Gasteiger partial charge in [0.15, 0.2) is 5.82 Å². The third-order valence-corrected chi connectivity index (χ3v) is 6.69. The van der Waals surface area contributed by atoms with Gasteiger partial charge in [-0.1, -0.05) is 13.8 Å². The molecular formula is C24H25N5O3S. The smallest absolute Gasteiger partial charge is 0.253 e. The van der Waals surface area contributed by atoms with Crippen LogP contribution in [0.15, 0.2) is 42.2 Å². The number of carbonyl (C=O) groups is 2. The Hall–Kier alpha value is -3.30. The zero-order valence-corrected chi connectivity index (χ0v) is 19.3. The monoisotopic (exact) mass is 463 g/mol. The van der Waals surface area contributed by atoms with Crippen molar-refractivity contribution < 1.29 is 14.3 Å². The average Bonchev–Trinajstić information content (AvgIpc) is 3.42. The van der Waals surface area contributed by atoms with Crippen molar-refractivity contribution in [2.24, 2.45) is 5.92 Å². The van der Waals surface area contributed by atoms with Crippen LogP contribution in [0.3, 0.4) is 0 Å². The molecule has 0 unspecified atom stereocenters. The van der Waals surface area contributed by atoms with Gasteiger partial charge in [0.05, 0.1) is 11.8 Å². The van der Waals surface area contributed by atoms with Gasteiger partial charge >= 0.3 is 0 Å². The Labute approximate surface area is 195 Å². The molecule has 0 bridgehead atoms. The minimum Gasteiger partial charge on any atom is -0.381 e. The lowest BCUT2D eigenvalue weighted by Crippen LogP contribution is -2.38. The molecule has 1 aliphatic rings. The van der Waals surface area contributed by atoms with Gasteiger partial charge in [-0.05, 0) is 31.0 Å². The molecule has 0 aliphatic carbocycles. The number of aromatic nitrogens is 3. The molecule has 0 atom stereocenters. The molecule has 8 nitrogen and oxygen atoms in total. The Morgan fingerprint density at radius 3 is 2.79 bits per heavy atom. The number of imidazole rings is 1. The van der Waals surface area contributed by atoms with E-state index in [0.29, 0.717) is 24.6 Å². The number of anilines is 1. The number of carbonyl (C=O) groups excluding carboxylic acids is 2. The molecule has 1 fully saturated rings. The van der Waals surface area contributed by atoms with Crippen molar-refractivity contribution in [2.45, 2.75) is 32.7 Å². The molecule has 0 spiro atoms. The Bertz CT molecular complexity index is 1340. The summed E-state index contributed by atoms with van der Waals surface area (Å²) in [5.41, 5.74) is 3.24. The van der Waals surface area contributed by atoms with Gasteiger partial charge in [0.1, 0.15) is 10.5 Å². The van der Waals surface area contributed by atoms with Gasteiger partial charge in [-0.3, -0.25) is 9.59 Å². The van der Waals surface area contributed by atoms with Crippen LogP contribution in [0.1, 0.15) is 37.0 Å². The highest BCUT2D eigenvalue weighted by atomic mass is 32.1. The molecule has 1 saturated heterocycles. The van der Waals surface area contributed by atoms with Crippen molar-refractivity contribution in [2.75, 3.05) is 18.5 Å². The van der Waals surface area contributed by atoms with Crippen LogP contribution in [0.25, 0.3) is 27.0 Å². The summed E-state index contributed by atoms with van der Waals surface area (Å²) in [6.07, 6.45) is 7.23. The summed E-state index contributed by atoms with van der Waals surface area (Å²) >= 11 is 1.47. The van der Waals surface area contributed by atoms with Crippen molar-refractivity contribution >= 4 is 44.8 Å². The molecule has 0 saturated carbocycles. The largest absolute Gasteiger partial charge is 0.381 e. The van der Waals surface area contributed by atoms with Crippen LogP contribution in [-0.4, -0.2) is 45.4 Å². The van der Waals surface area contributed by atoms with E-state index in [4.69, 9.17) is 4.74 Å². The Morgan fingerprint density at radius 1 is 1.18 bits per heavy atom. The van der Waals surface area contributed by atoms with Gasteiger partial charge in [-0.15, -0.1) is 11.3 Å². The molecular weight excluding hydrogens is 438 g/mol. The molecule has 4 aromatic rings. The molecule has 2 amide bonds. The highest BCUT2D eigenvalue weighted by molar-refractivity contribution is 7.17. The molecule has 33 heavy (non-hydrogen) atoms. The van der Waals surface area contributed by atoms with Crippen LogP contribution >= 0.6 is 11.3 Å². The maximum absolute atomic E-state index is 12.9.